The Bertz CT molecular complexity index is 485. The van der Waals surface area contributed by atoms with Crippen molar-refractivity contribution in [3.05, 3.63) is 40.6 Å². The molecule has 6 heteroatoms. The molecule has 2 N–H and O–H groups in total. The summed E-state index contributed by atoms with van der Waals surface area (Å²) in [7, 11) is 0. The molecule has 2 aromatic rings. The average Bonchev–Trinajstić information content (AvgIpc) is 2.79. The third kappa shape index (κ3) is 2.34. The maximum Gasteiger partial charge on any atom is 0.337 e. The molecule has 0 unspecified atom stereocenters. The number of nitrogens with one attached hydrogen (secondary N) is 1. The van der Waals surface area contributed by atoms with E-state index < -0.39 is 5.97 Å². The number of carbonyl (C=O) groups is 1. The first kappa shape index (κ1) is 10.6. The van der Waals surface area contributed by atoms with Crippen molar-refractivity contribution in [1.82, 2.24) is 9.97 Å². The fourth-order valence-electron chi connectivity index (χ4n) is 1.23. The molecule has 0 aliphatic rings. The molecule has 2 aromatic heterocycles. The number of anilines is 1. The molecule has 0 fully saturated rings. The Morgan fingerprint density at radius 1 is 1.50 bits per heavy atom. The number of hydrogen-bond donors (Lipinski definition) is 2. The van der Waals surface area contributed by atoms with Gasteiger partial charge < -0.3 is 10.4 Å². The van der Waals surface area contributed by atoms with Crippen LogP contribution in [0, 0.1) is 0 Å². The second-order valence-corrected chi connectivity index (χ2v) is 3.98. The number of carboxylic acids is 1. The molecule has 0 radical (unpaired) electrons. The Morgan fingerprint density at radius 2 is 2.38 bits per heavy atom. The lowest BCUT2D eigenvalue weighted by Gasteiger charge is -2.06. The highest BCUT2D eigenvalue weighted by molar-refractivity contribution is 7.09. The molecular formula is C10H9N3O2S. The molecule has 2 rings (SSSR count). The second kappa shape index (κ2) is 4.71. The van der Waals surface area contributed by atoms with Crippen LogP contribution in [0.1, 0.15) is 15.4 Å². The van der Waals surface area contributed by atoms with Crippen LogP contribution in [0.3, 0.4) is 0 Å². The van der Waals surface area contributed by atoms with E-state index in [0.29, 0.717) is 12.2 Å². The summed E-state index contributed by atoms with van der Waals surface area (Å²) in [5.41, 5.74) is 0.719. The van der Waals surface area contributed by atoms with Gasteiger partial charge in [0.25, 0.3) is 0 Å². The summed E-state index contributed by atoms with van der Waals surface area (Å²) in [5.74, 6) is -0.968. The zero-order valence-electron chi connectivity index (χ0n) is 8.25. The van der Waals surface area contributed by atoms with Crippen LogP contribution >= 0.6 is 11.3 Å². The molecule has 0 spiro atoms. The van der Waals surface area contributed by atoms with Gasteiger partial charge in [0.2, 0.25) is 0 Å². The highest BCUT2D eigenvalue weighted by Crippen LogP contribution is 2.15. The van der Waals surface area contributed by atoms with Crippen molar-refractivity contribution in [2.75, 3.05) is 5.32 Å². The fraction of sp³-hybridized carbons (Fsp3) is 0.100. The number of hydrogen-bond acceptors (Lipinski definition) is 5. The molecule has 0 saturated heterocycles. The van der Waals surface area contributed by atoms with Crippen LogP contribution in [-0.2, 0) is 6.54 Å². The predicted octanol–water partition coefficient (Wildman–Crippen LogP) is 1.85. The number of aromatic nitrogens is 2. The minimum absolute atomic E-state index is 0.214. The highest BCUT2D eigenvalue weighted by atomic mass is 32.1. The minimum Gasteiger partial charge on any atom is -0.478 e. The van der Waals surface area contributed by atoms with Crippen LogP contribution < -0.4 is 5.32 Å². The molecule has 0 bridgehead atoms. The quantitative estimate of drug-likeness (QED) is 0.845. The first-order valence-electron chi connectivity index (χ1n) is 4.57. The van der Waals surface area contributed by atoms with Crippen LogP contribution in [0.15, 0.2) is 30.0 Å². The summed E-state index contributed by atoms with van der Waals surface area (Å²) in [6, 6.07) is 1.46. The first-order chi connectivity index (χ1) is 7.77. The van der Waals surface area contributed by atoms with Crippen LogP contribution in [0.2, 0.25) is 0 Å². The van der Waals surface area contributed by atoms with E-state index in [1.165, 1.54) is 29.8 Å². The van der Waals surface area contributed by atoms with Crippen molar-refractivity contribution in [1.29, 1.82) is 0 Å². The van der Waals surface area contributed by atoms with Gasteiger partial charge in [-0.2, -0.15) is 0 Å². The Labute approximate surface area is 95.8 Å². The molecule has 5 nitrogen and oxygen atoms in total. The van der Waals surface area contributed by atoms with Gasteiger partial charge in [0, 0.05) is 17.8 Å². The summed E-state index contributed by atoms with van der Waals surface area (Å²) in [6.07, 6.45) is 4.66. The Hall–Kier alpha value is -1.95. The van der Waals surface area contributed by atoms with Gasteiger partial charge in [-0.05, 0) is 6.07 Å². The molecular weight excluding hydrogens is 226 g/mol. The minimum atomic E-state index is -0.968. The topological polar surface area (TPSA) is 75.1 Å². The zero-order valence-corrected chi connectivity index (χ0v) is 9.07. The van der Waals surface area contributed by atoms with Crippen LogP contribution in [0.25, 0.3) is 0 Å². The van der Waals surface area contributed by atoms with Gasteiger partial charge in [0.1, 0.15) is 5.01 Å². The second-order valence-electron chi connectivity index (χ2n) is 3.01. The van der Waals surface area contributed by atoms with E-state index in [9.17, 15) is 4.79 Å². The number of thiazole rings is 1. The number of rotatable bonds is 4. The van der Waals surface area contributed by atoms with Gasteiger partial charge in [0.15, 0.2) is 0 Å². The Kier molecular flexibility index (Phi) is 3.11. The van der Waals surface area contributed by atoms with Crippen molar-refractivity contribution >= 4 is 23.0 Å². The average molecular weight is 235 g/mol. The highest BCUT2D eigenvalue weighted by Gasteiger charge is 2.09. The van der Waals surface area contributed by atoms with Crippen LogP contribution in [0.4, 0.5) is 5.69 Å². The number of carboxylic acid groups (broad SMARTS) is 1. The van der Waals surface area contributed by atoms with E-state index in [1.807, 2.05) is 5.38 Å². The Morgan fingerprint density at radius 3 is 3.06 bits per heavy atom. The van der Waals surface area contributed by atoms with Crippen molar-refractivity contribution < 1.29 is 9.90 Å². The summed E-state index contributed by atoms with van der Waals surface area (Å²) < 4.78 is 0. The molecule has 0 amide bonds. The van der Waals surface area contributed by atoms with Gasteiger partial charge in [-0.15, -0.1) is 11.3 Å². The van der Waals surface area contributed by atoms with Gasteiger partial charge >= 0.3 is 5.97 Å². The van der Waals surface area contributed by atoms with Gasteiger partial charge in [-0.25, -0.2) is 9.78 Å². The molecule has 16 heavy (non-hydrogen) atoms. The lowest BCUT2D eigenvalue weighted by Crippen LogP contribution is -2.06. The third-order valence-corrected chi connectivity index (χ3v) is 2.74. The van der Waals surface area contributed by atoms with Crippen molar-refractivity contribution in [3.8, 4) is 0 Å². The zero-order chi connectivity index (χ0) is 11.4. The summed E-state index contributed by atoms with van der Waals surface area (Å²) in [6.45, 7) is 0.504. The molecule has 0 aliphatic heterocycles. The largest absolute Gasteiger partial charge is 0.478 e. The van der Waals surface area contributed by atoms with Gasteiger partial charge in [0.05, 0.1) is 24.0 Å². The smallest absolute Gasteiger partial charge is 0.337 e. The van der Waals surface area contributed by atoms with Crippen LogP contribution in [0.5, 0.6) is 0 Å². The number of pyridine rings is 1. The summed E-state index contributed by atoms with van der Waals surface area (Å²) >= 11 is 1.51. The standard InChI is InChI=1S/C10H9N3O2S/c14-10(15)7-1-2-11-5-8(7)13-6-9-12-3-4-16-9/h1-5,13H,6H2,(H,14,15). The van der Waals surface area contributed by atoms with Crippen LogP contribution in [-0.4, -0.2) is 21.0 Å². The van der Waals surface area contributed by atoms with Crippen molar-refractivity contribution in [3.63, 3.8) is 0 Å². The SMILES string of the molecule is O=C(O)c1ccncc1NCc1nccs1. The lowest BCUT2D eigenvalue weighted by molar-refractivity contribution is 0.0698. The van der Waals surface area contributed by atoms with E-state index >= 15 is 0 Å². The third-order valence-electron chi connectivity index (χ3n) is 1.97. The normalized spacial score (nSPS) is 10.0. The molecule has 0 saturated carbocycles. The summed E-state index contributed by atoms with van der Waals surface area (Å²) in [5, 5.41) is 14.7. The number of nitrogens with zero attached hydrogens (tertiary/aromatic N) is 2. The van der Waals surface area contributed by atoms with Crippen molar-refractivity contribution in [2.45, 2.75) is 6.54 Å². The number of aromatic carboxylic acids is 1. The predicted molar refractivity (Wildman–Crippen MR) is 60.6 cm³/mol. The monoisotopic (exact) mass is 235 g/mol. The summed E-state index contributed by atoms with van der Waals surface area (Å²) in [4.78, 5) is 18.9. The van der Waals surface area contributed by atoms with Gasteiger partial charge in [-0.3, -0.25) is 4.98 Å². The van der Waals surface area contributed by atoms with Crippen molar-refractivity contribution in [2.24, 2.45) is 0 Å². The van der Waals surface area contributed by atoms with Gasteiger partial charge in [-0.1, -0.05) is 0 Å². The molecule has 82 valence electrons. The van der Waals surface area contributed by atoms with E-state index in [4.69, 9.17) is 5.11 Å². The fourth-order valence-corrected chi connectivity index (χ4v) is 1.79. The van der Waals surface area contributed by atoms with E-state index in [2.05, 4.69) is 15.3 Å². The molecule has 0 aliphatic carbocycles. The van der Waals surface area contributed by atoms with E-state index in [-0.39, 0.29) is 5.56 Å². The Balaban J connectivity index is 2.12. The molecule has 2 heterocycles. The molecule has 0 atom stereocenters. The first-order valence-corrected chi connectivity index (χ1v) is 5.45. The molecule has 0 aromatic carbocycles. The maximum atomic E-state index is 10.9. The van der Waals surface area contributed by atoms with E-state index in [0.717, 1.165) is 5.01 Å². The maximum absolute atomic E-state index is 10.9. The lowest BCUT2D eigenvalue weighted by atomic mass is 10.2. The van der Waals surface area contributed by atoms with E-state index in [1.54, 1.807) is 6.20 Å².